The normalized spacial score (nSPS) is 10.7. The van der Waals surface area contributed by atoms with Crippen molar-refractivity contribution in [1.29, 1.82) is 5.26 Å². The summed E-state index contributed by atoms with van der Waals surface area (Å²) in [5, 5.41) is 10.5. The van der Waals surface area contributed by atoms with E-state index in [2.05, 4.69) is 4.98 Å². The van der Waals surface area contributed by atoms with Gasteiger partial charge in [0.25, 0.3) is 0 Å². The Labute approximate surface area is 139 Å². The Kier molecular flexibility index (Phi) is 4.11. The fourth-order valence-corrected chi connectivity index (χ4v) is 4.30. The van der Waals surface area contributed by atoms with Gasteiger partial charge in [0.1, 0.15) is 21.8 Å². The average Bonchev–Trinajstić information content (AvgIpc) is 3.09. The van der Waals surface area contributed by atoms with Crippen LogP contribution in [0.15, 0.2) is 18.2 Å². The lowest BCUT2D eigenvalue weighted by Gasteiger charge is -1.97. The van der Waals surface area contributed by atoms with E-state index in [4.69, 9.17) is 10.00 Å². The van der Waals surface area contributed by atoms with E-state index < -0.39 is 11.8 Å². The van der Waals surface area contributed by atoms with Gasteiger partial charge in [-0.05, 0) is 37.4 Å². The molecule has 23 heavy (non-hydrogen) atoms. The van der Waals surface area contributed by atoms with Gasteiger partial charge in [0, 0.05) is 0 Å². The lowest BCUT2D eigenvalue weighted by atomic mass is 10.2. The fourth-order valence-electron chi connectivity index (χ4n) is 2.19. The van der Waals surface area contributed by atoms with E-state index in [1.54, 1.807) is 19.9 Å². The number of aryl methyl sites for hydroxylation is 1. The number of nitrogens with zero attached hydrogens (tertiary/aromatic N) is 2. The number of thiazole rings is 1. The Hall–Kier alpha value is -2.30. The van der Waals surface area contributed by atoms with Crippen LogP contribution >= 0.6 is 22.7 Å². The number of ether oxygens (including phenoxy) is 1. The zero-order chi connectivity index (χ0) is 16.6. The maximum Gasteiger partial charge on any atom is 0.350 e. The summed E-state index contributed by atoms with van der Waals surface area (Å²) in [5.74, 6) is -0.834. The van der Waals surface area contributed by atoms with Crippen molar-refractivity contribution in [1.82, 2.24) is 4.98 Å². The SMILES string of the molecule is CCOC(=O)c1sc(-c2cc3cc(F)cc(C#N)c3s2)nc1C. The Morgan fingerprint density at radius 1 is 1.39 bits per heavy atom. The molecular weight excluding hydrogens is 335 g/mol. The number of hydrogen-bond donors (Lipinski definition) is 0. The van der Waals surface area contributed by atoms with Gasteiger partial charge in [0.15, 0.2) is 0 Å². The molecule has 0 N–H and O–H groups in total. The van der Waals surface area contributed by atoms with Gasteiger partial charge in [-0.1, -0.05) is 0 Å². The van der Waals surface area contributed by atoms with Crippen LogP contribution in [0.2, 0.25) is 0 Å². The topological polar surface area (TPSA) is 63.0 Å². The zero-order valence-electron chi connectivity index (χ0n) is 12.3. The van der Waals surface area contributed by atoms with Crippen LogP contribution < -0.4 is 0 Å². The summed E-state index contributed by atoms with van der Waals surface area (Å²) in [6.45, 7) is 3.80. The second-order valence-electron chi connectivity index (χ2n) is 4.75. The van der Waals surface area contributed by atoms with E-state index >= 15 is 0 Å². The maximum atomic E-state index is 13.5. The molecule has 0 saturated carbocycles. The Bertz CT molecular complexity index is 953. The third kappa shape index (κ3) is 2.83. The van der Waals surface area contributed by atoms with Crippen LogP contribution in [0.4, 0.5) is 4.39 Å². The summed E-state index contributed by atoms with van der Waals surface area (Å²) in [6, 6.07) is 6.41. The number of carbonyl (C=O) groups excluding carboxylic acids is 1. The highest BCUT2D eigenvalue weighted by molar-refractivity contribution is 7.26. The standard InChI is InChI=1S/C16H11FN2O2S2/c1-3-21-16(20)13-8(2)19-15(23-13)12-6-9-4-11(17)5-10(7-18)14(9)22-12/h4-6H,3H2,1-2H3. The van der Waals surface area contributed by atoms with E-state index in [0.29, 0.717) is 33.1 Å². The first-order chi connectivity index (χ1) is 11.0. The smallest absolute Gasteiger partial charge is 0.350 e. The minimum absolute atomic E-state index is 0.301. The molecule has 0 radical (unpaired) electrons. The molecule has 0 aliphatic rings. The summed E-state index contributed by atoms with van der Waals surface area (Å²) in [6.07, 6.45) is 0. The van der Waals surface area contributed by atoms with Crippen LogP contribution in [0.3, 0.4) is 0 Å². The summed E-state index contributed by atoms with van der Waals surface area (Å²) < 4.78 is 19.3. The van der Waals surface area contributed by atoms with Crippen LogP contribution in [0, 0.1) is 24.1 Å². The third-order valence-corrected chi connectivity index (χ3v) is 5.66. The van der Waals surface area contributed by atoms with Crippen molar-refractivity contribution >= 4 is 38.7 Å². The molecule has 2 aromatic heterocycles. The number of benzene rings is 1. The second kappa shape index (κ2) is 6.07. The van der Waals surface area contributed by atoms with Crippen molar-refractivity contribution < 1.29 is 13.9 Å². The van der Waals surface area contributed by atoms with Crippen LogP contribution in [0.5, 0.6) is 0 Å². The van der Waals surface area contributed by atoms with Crippen molar-refractivity contribution in [2.24, 2.45) is 0 Å². The first kappa shape index (κ1) is 15.6. The molecule has 2 heterocycles. The predicted molar refractivity (Wildman–Crippen MR) is 88.3 cm³/mol. The molecule has 1 aromatic carbocycles. The number of aromatic nitrogens is 1. The van der Waals surface area contributed by atoms with Gasteiger partial charge in [-0.2, -0.15) is 5.26 Å². The number of rotatable bonds is 3. The van der Waals surface area contributed by atoms with Gasteiger partial charge in [0.2, 0.25) is 0 Å². The highest BCUT2D eigenvalue weighted by Crippen LogP contribution is 2.38. The van der Waals surface area contributed by atoms with Crippen LogP contribution in [0.1, 0.15) is 27.9 Å². The minimum atomic E-state index is -0.444. The van der Waals surface area contributed by atoms with Gasteiger partial charge in [-0.15, -0.1) is 22.7 Å². The van der Waals surface area contributed by atoms with Crippen molar-refractivity contribution in [2.45, 2.75) is 13.8 Å². The summed E-state index contributed by atoms with van der Waals surface area (Å²) in [5.41, 5.74) is 0.905. The highest BCUT2D eigenvalue weighted by Gasteiger charge is 2.19. The fraction of sp³-hybridized carbons (Fsp3) is 0.188. The Morgan fingerprint density at radius 2 is 2.17 bits per heavy atom. The van der Waals surface area contributed by atoms with Gasteiger partial charge >= 0.3 is 5.97 Å². The number of nitriles is 1. The molecule has 0 fully saturated rings. The molecule has 116 valence electrons. The first-order valence-electron chi connectivity index (χ1n) is 6.81. The second-order valence-corrected chi connectivity index (χ2v) is 6.80. The predicted octanol–water partition coefficient (Wildman–Crippen LogP) is 4.52. The van der Waals surface area contributed by atoms with Gasteiger partial charge in [-0.25, -0.2) is 14.2 Å². The monoisotopic (exact) mass is 346 g/mol. The van der Waals surface area contributed by atoms with Crippen molar-refractivity contribution in [3.63, 3.8) is 0 Å². The summed E-state index contributed by atoms with van der Waals surface area (Å²) in [7, 11) is 0. The van der Waals surface area contributed by atoms with Gasteiger partial charge in [-0.3, -0.25) is 0 Å². The molecule has 0 aliphatic carbocycles. The number of hydrogen-bond acceptors (Lipinski definition) is 6. The molecule has 3 aromatic rings. The van der Waals surface area contributed by atoms with E-state index in [-0.39, 0.29) is 0 Å². The van der Waals surface area contributed by atoms with Crippen LogP contribution in [-0.2, 0) is 4.74 Å². The number of thiophene rings is 1. The average molecular weight is 346 g/mol. The van der Waals surface area contributed by atoms with Crippen molar-refractivity contribution in [2.75, 3.05) is 6.61 Å². The van der Waals surface area contributed by atoms with E-state index in [9.17, 15) is 9.18 Å². The van der Waals surface area contributed by atoms with E-state index in [1.165, 1.54) is 34.8 Å². The molecule has 7 heteroatoms. The third-order valence-electron chi connectivity index (χ3n) is 3.17. The largest absolute Gasteiger partial charge is 0.462 e. The van der Waals surface area contributed by atoms with Crippen LogP contribution in [0.25, 0.3) is 20.0 Å². The molecule has 0 aliphatic heterocycles. The molecule has 0 saturated heterocycles. The molecule has 0 atom stereocenters. The van der Waals surface area contributed by atoms with E-state index in [0.717, 1.165) is 9.58 Å². The molecule has 0 spiro atoms. The maximum absolute atomic E-state index is 13.5. The van der Waals surface area contributed by atoms with Crippen molar-refractivity contribution in [3.05, 3.63) is 40.2 Å². The number of fused-ring (bicyclic) bond motifs is 1. The molecule has 0 bridgehead atoms. The lowest BCUT2D eigenvalue weighted by Crippen LogP contribution is -2.03. The number of carbonyl (C=O) groups is 1. The molecule has 0 amide bonds. The van der Waals surface area contributed by atoms with Crippen molar-refractivity contribution in [3.8, 4) is 16.0 Å². The summed E-state index contributed by atoms with van der Waals surface area (Å²) in [4.78, 5) is 17.6. The quantitative estimate of drug-likeness (QED) is 0.654. The van der Waals surface area contributed by atoms with Gasteiger partial charge < -0.3 is 4.74 Å². The lowest BCUT2D eigenvalue weighted by molar-refractivity contribution is 0.0531. The van der Waals surface area contributed by atoms with Crippen LogP contribution in [-0.4, -0.2) is 17.6 Å². The molecule has 4 nitrogen and oxygen atoms in total. The highest BCUT2D eigenvalue weighted by atomic mass is 32.1. The minimum Gasteiger partial charge on any atom is -0.462 e. The number of halogens is 1. The molecule has 0 unspecified atom stereocenters. The summed E-state index contributed by atoms with van der Waals surface area (Å²) >= 11 is 2.61. The Balaban J connectivity index is 2.09. The molecular formula is C16H11FN2O2S2. The number of esters is 1. The van der Waals surface area contributed by atoms with E-state index in [1.807, 2.05) is 6.07 Å². The van der Waals surface area contributed by atoms with Gasteiger partial charge in [0.05, 0.1) is 27.4 Å². The first-order valence-corrected chi connectivity index (χ1v) is 8.45. The Morgan fingerprint density at radius 3 is 2.87 bits per heavy atom. The molecule has 3 rings (SSSR count). The zero-order valence-corrected chi connectivity index (χ0v) is 14.0.